The van der Waals surface area contributed by atoms with Crippen LogP contribution in [0.25, 0.3) is 0 Å². The van der Waals surface area contributed by atoms with Crippen molar-refractivity contribution in [2.75, 3.05) is 0 Å². The first kappa shape index (κ1) is 11.7. The van der Waals surface area contributed by atoms with Gasteiger partial charge in [0.25, 0.3) is 0 Å². The van der Waals surface area contributed by atoms with Crippen molar-refractivity contribution >= 4 is 0 Å². The fourth-order valence-electron chi connectivity index (χ4n) is 1.30. The van der Waals surface area contributed by atoms with E-state index in [1.54, 1.807) is 6.08 Å². The van der Waals surface area contributed by atoms with E-state index < -0.39 is 5.60 Å². The summed E-state index contributed by atoms with van der Waals surface area (Å²) in [5.41, 5.74) is -0.531. The molecule has 0 aromatic heterocycles. The SMILES string of the molecule is C=CCC(C)(O)CCCC(C)C. The smallest absolute Gasteiger partial charge is 0.0653 e. The van der Waals surface area contributed by atoms with Crippen molar-refractivity contribution in [3.63, 3.8) is 0 Å². The van der Waals surface area contributed by atoms with Crippen LogP contribution >= 0.6 is 0 Å². The van der Waals surface area contributed by atoms with Crippen LogP contribution in [0.1, 0.15) is 46.5 Å². The summed E-state index contributed by atoms with van der Waals surface area (Å²) < 4.78 is 0. The molecule has 0 heterocycles. The molecule has 0 aliphatic rings. The molecule has 1 heteroatoms. The standard InChI is InChI=1S/C11H22O/c1-5-8-11(4,12)9-6-7-10(2)3/h5,10,12H,1,6-9H2,2-4H3. The Bertz CT molecular complexity index is 125. The van der Waals surface area contributed by atoms with Gasteiger partial charge in [0.05, 0.1) is 5.60 Å². The number of rotatable bonds is 6. The molecule has 1 nitrogen and oxygen atoms in total. The maximum atomic E-state index is 9.76. The van der Waals surface area contributed by atoms with Gasteiger partial charge in [-0.25, -0.2) is 0 Å². The second-order valence-corrected chi connectivity index (χ2v) is 4.28. The van der Waals surface area contributed by atoms with E-state index in [0.29, 0.717) is 6.42 Å². The molecule has 0 rings (SSSR count). The predicted molar refractivity (Wildman–Crippen MR) is 54.1 cm³/mol. The number of hydrogen-bond acceptors (Lipinski definition) is 1. The van der Waals surface area contributed by atoms with Crippen molar-refractivity contribution in [3.05, 3.63) is 12.7 Å². The molecule has 1 unspecified atom stereocenters. The average Bonchev–Trinajstić information content (AvgIpc) is 1.85. The van der Waals surface area contributed by atoms with Crippen molar-refractivity contribution in [1.82, 2.24) is 0 Å². The Labute approximate surface area is 76.5 Å². The molecule has 72 valence electrons. The first-order valence-electron chi connectivity index (χ1n) is 4.81. The summed E-state index contributed by atoms with van der Waals surface area (Å²) in [5, 5.41) is 9.76. The highest BCUT2D eigenvalue weighted by molar-refractivity contribution is 4.82. The molecule has 0 aromatic rings. The summed E-state index contributed by atoms with van der Waals surface area (Å²) in [7, 11) is 0. The predicted octanol–water partition coefficient (Wildman–Crippen LogP) is 3.14. The van der Waals surface area contributed by atoms with Crippen molar-refractivity contribution < 1.29 is 5.11 Å². The van der Waals surface area contributed by atoms with Crippen LogP contribution in [0.3, 0.4) is 0 Å². The highest BCUT2D eigenvalue weighted by Gasteiger charge is 2.17. The summed E-state index contributed by atoms with van der Waals surface area (Å²) in [6, 6.07) is 0. The minimum atomic E-state index is -0.531. The Balaban J connectivity index is 3.53. The Morgan fingerprint density at radius 3 is 2.50 bits per heavy atom. The zero-order chi connectivity index (χ0) is 9.61. The second-order valence-electron chi connectivity index (χ2n) is 4.28. The van der Waals surface area contributed by atoms with Gasteiger partial charge in [0.2, 0.25) is 0 Å². The first-order valence-corrected chi connectivity index (χ1v) is 4.81. The lowest BCUT2D eigenvalue weighted by Gasteiger charge is -2.21. The third-order valence-corrected chi connectivity index (χ3v) is 2.08. The average molecular weight is 170 g/mol. The van der Waals surface area contributed by atoms with Crippen molar-refractivity contribution in [3.8, 4) is 0 Å². The van der Waals surface area contributed by atoms with E-state index in [0.717, 1.165) is 18.8 Å². The van der Waals surface area contributed by atoms with Gasteiger partial charge in [0, 0.05) is 0 Å². The molecular weight excluding hydrogens is 148 g/mol. The lowest BCUT2D eigenvalue weighted by atomic mass is 9.93. The van der Waals surface area contributed by atoms with Crippen LogP contribution in [-0.4, -0.2) is 10.7 Å². The molecule has 0 fully saturated rings. The van der Waals surface area contributed by atoms with E-state index in [1.807, 2.05) is 6.92 Å². The van der Waals surface area contributed by atoms with Gasteiger partial charge >= 0.3 is 0 Å². The van der Waals surface area contributed by atoms with Gasteiger partial charge in [-0.15, -0.1) is 6.58 Å². The second kappa shape index (κ2) is 5.36. The van der Waals surface area contributed by atoms with Gasteiger partial charge < -0.3 is 5.11 Å². The quantitative estimate of drug-likeness (QED) is 0.607. The van der Waals surface area contributed by atoms with Gasteiger partial charge in [-0.3, -0.25) is 0 Å². The van der Waals surface area contributed by atoms with Crippen molar-refractivity contribution in [2.24, 2.45) is 5.92 Å². The minimum Gasteiger partial charge on any atom is -0.390 e. The molecule has 0 aliphatic carbocycles. The highest BCUT2D eigenvalue weighted by Crippen LogP contribution is 2.19. The van der Waals surface area contributed by atoms with Crippen LogP contribution in [-0.2, 0) is 0 Å². The van der Waals surface area contributed by atoms with Gasteiger partial charge in [-0.05, 0) is 25.7 Å². The van der Waals surface area contributed by atoms with Gasteiger partial charge in [0.1, 0.15) is 0 Å². The first-order chi connectivity index (χ1) is 5.48. The van der Waals surface area contributed by atoms with Crippen LogP contribution < -0.4 is 0 Å². The molecule has 0 aliphatic heterocycles. The monoisotopic (exact) mass is 170 g/mol. The molecule has 0 aromatic carbocycles. The Kier molecular flexibility index (Phi) is 5.23. The fraction of sp³-hybridized carbons (Fsp3) is 0.818. The van der Waals surface area contributed by atoms with E-state index in [9.17, 15) is 5.11 Å². The zero-order valence-corrected chi connectivity index (χ0v) is 8.64. The molecule has 0 bridgehead atoms. The van der Waals surface area contributed by atoms with Crippen LogP contribution in [0.5, 0.6) is 0 Å². The summed E-state index contributed by atoms with van der Waals surface area (Å²) in [6.45, 7) is 9.93. The Morgan fingerprint density at radius 1 is 1.50 bits per heavy atom. The number of hydrogen-bond donors (Lipinski definition) is 1. The molecule has 0 amide bonds. The topological polar surface area (TPSA) is 20.2 Å². The molecule has 0 radical (unpaired) electrons. The van der Waals surface area contributed by atoms with Gasteiger partial charge in [-0.1, -0.05) is 32.8 Å². The van der Waals surface area contributed by atoms with Crippen LogP contribution in [0.2, 0.25) is 0 Å². The molecule has 1 N–H and O–H groups in total. The maximum absolute atomic E-state index is 9.76. The third kappa shape index (κ3) is 6.41. The summed E-state index contributed by atoms with van der Waals surface area (Å²) in [5.74, 6) is 0.740. The summed E-state index contributed by atoms with van der Waals surface area (Å²) in [4.78, 5) is 0. The van der Waals surface area contributed by atoms with Gasteiger partial charge in [-0.2, -0.15) is 0 Å². The van der Waals surface area contributed by atoms with E-state index in [4.69, 9.17) is 0 Å². The lowest BCUT2D eigenvalue weighted by Crippen LogP contribution is -2.22. The normalized spacial score (nSPS) is 16.1. The fourth-order valence-corrected chi connectivity index (χ4v) is 1.30. The highest BCUT2D eigenvalue weighted by atomic mass is 16.3. The lowest BCUT2D eigenvalue weighted by molar-refractivity contribution is 0.0505. The molecule has 1 atom stereocenters. The summed E-state index contributed by atoms with van der Waals surface area (Å²) >= 11 is 0. The minimum absolute atomic E-state index is 0.531. The molecular formula is C11H22O. The van der Waals surface area contributed by atoms with E-state index >= 15 is 0 Å². The van der Waals surface area contributed by atoms with Crippen molar-refractivity contribution in [1.29, 1.82) is 0 Å². The van der Waals surface area contributed by atoms with Crippen LogP contribution in [0, 0.1) is 5.92 Å². The summed E-state index contributed by atoms with van der Waals surface area (Å²) in [6.07, 6.45) is 5.68. The van der Waals surface area contributed by atoms with E-state index in [2.05, 4.69) is 20.4 Å². The Morgan fingerprint density at radius 2 is 2.08 bits per heavy atom. The third-order valence-electron chi connectivity index (χ3n) is 2.08. The van der Waals surface area contributed by atoms with Crippen molar-refractivity contribution in [2.45, 2.75) is 52.1 Å². The van der Waals surface area contributed by atoms with Gasteiger partial charge in [0.15, 0.2) is 0 Å². The van der Waals surface area contributed by atoms with E-state index in [-0.39, 0.29) is 0 Å². The van der Waals surface area contributed by atoms with Crippen LogP contribution in [0.4, 0.5) is 0 Å². The van der Waals surface area contributed by atoms with E-state index in [1.165, 1.54) is 6.42 Å². The molecule has 12 heavy (non-hydrogen) atoms. The molecule has 0 saturated heterocycles. The number of aliphatic hydroxyl groups is 1. The largest absolute Gasteiger partial charge is 0.390 e. The molecule has 0 spiro atoms. The van der Waals surface area contributed by atoms with Crippen LogP contribution in [0.15, 0.2) is 12.7 Å². The Hall–Kier alpha value is -0.300. The molecule has 0 saturated carbocycles. The maximum Gasteiger partial charge on any atom is 0.0653 e. The zero-order valence-electron chi connectivity index (χ0n) is 8.64.